The normalized spacial score (nSPS) is 11.1. The van der Waals surface area contributed by atoms with Gasteiger partial charge in [0.2, 0.25) is 5.95 Å². The number of carbonyl (C=O) groups is 1. The molecule has 0 fully saturated rings. The van der Waals surface area contributed by atoms with Crippen LogP contribution >= 0.6 is 22.9 Å². The number of ether oxygens (including phenoxy) is 1. The van der Waals surface area contributed by atoms with Gasteiger partial charge in [0.1, 0.15) is 5.75 Å². The number of para-hydroxylation sites is 1. The number of anilines is 1. The number of rotatable bonds is 6. The molecule has 36 heavy (non-hydrogen) atoms. The highest BCUT2D eigenvalue weighted by molar-refractivity contribution is 7.23. The van der Waals surface area contributed by atoms with Crippen LogP contribution in [0.3, 0.4) is 0 Å². The van der Waals surface area contributed by atoms with E-state index < -0.39 is 0 Å². The van der Waals surface area contributed by atoms with E-state index in [4.69, 9.17) is 21.3 Å². The summed E-state index contributed by atoms with van der Waals surface area (Å²) >= 11 is 7.78. The Morgan fingerprint density at radius 2 is 1.64 bits per heavy atom. The van der Waals surface area contributed by atoms with Gasteiger partial charge in [0.05, 0.1) is 21.6 Å². The Kier molecular flexibility index (Phi) is 5.80. The van der Waals surface area contributed by atoms with Gasteiger partial charge in [-0.1, -0.05) is 47.2 Å². The van der Waals surface area contributed by atoms with Crippen molar-refractivity contribution >= 4 is 50.0 Å². The van der Waals surface area contributed by atoms with Crippen LogP contribution in [0.5, 0.6) is 5.75 Å². The van der Waals surface area contributed by atoms with Crippen LogP contribution in [0.4, 0.5) is 5.95 Å². The van der Waals surface area contributed by atoms with E-state index in [9.17, 15) is 4.79 Å². The summed E-state index contributed by atoms with van der Waals surface area (Å²) < 4.78 is 9.03. The molecule has 1 amide bonds. The molecule has 0 atom stereocenters. The number of halogens is 1. The second-order valence-electron chi connectivity index (χ2n) is 7.94. The molecule has 0 saturated heterocycles. The number of imidazole rings is 1. The number of nitrogens with one attached hydrogen (secondary N) is 1. The molecule has 6 aromatic rings. The molecule has 0 saturated carbocycles. The van der Waals surface area contributed by atoms with Crippen molar-refractivity contribution in [1.82, 2.24) is 19.4 Å². The zero-order valence-corrected chi connectivity index (χ0v) is 20.3. The maximum absolute atomic E-state index is 12.2. The molecule has 0 radical (unpaired) electrons. The summed E-state index contributed by atoms with van der Waals surface area (Å²) in [6, 6.07) is 25.3. The molecule has 176 valence electrons. The lowest BCUT2D eigenvalue weighted by Gasteiger charge is -2.09. The monoisotopic (exact) mass is 511 g/mol. The minimum atomic E-state index is -0.336. The zero-order chi connectivity index (χ0) is 24.5. The van der Waals surface area contributed by atoms with E-state index in [-0.39, 0.29) is 18.5 Å². The SMILES string of the molecule is O=C(COc1ccc(-c2c(-c3ccc(Cl)cc3)nc3sc4ccccc4n23)cc1)Nc1ncccn1. The number of hydrogen-bond acceptors (Lipinski definition) is 6. The second kappa shape index (κ2) is 9.41. The van der Waals surface area contributed by atoms with Gasteiger partial charge < -0.3 is 4.74 Å². The first-order valence-electron chi connectivity index (χ1n) is 11.1. The van der Waals surface area contributed by atoms with Gasteiger partial charge in [-0.25, -0.2) is 15.0 Å². The number of nitrogens with zero attached hydrogens (tertiary/aromatic N) is 4. The molecule has 1 N–H and O–H groups in total. The molecule has 0 bridgehead atoms. The van der Waals surface area contributed by atoms with Gasteiger partial charge in [0.25, 0.3) is 5.91 Å². The Morgan fingerprint density at radius 1 is 0.917 bits per heavy atom. The molecule has 0 aliphatic carbocycles. The van der Waals surface area contributed by atoms with Gasteiger partial charge >= 0.3 is 0 Å². The van der Waals surface area contributed by atoms with Crippen LogP contribution < -0.4 is 10.1 Å². The van der Waals surface area contributed by atoms with Crippen molar-refractivity contribution < 1.29 is 9.53 Å². The van der Waals surface area contributed by atoms with Crippen molar-refractivity contribution in [3.05, 3.63) is 96.3 Å². The van der Waals surface area contributed by atoms with E-state index in [0.29, 0.717) is 10.8 Å². The summed E-state index contributed by atoms with van der Waals surface area (Å²) in [6.45, 7) is -0.153. The fourth-order valence-corrected chi connectivity index (χ4v) is 5.13. The highest BCUT2D eigenvalue weighted by Gasteiger charge is 2.20. The zero-order valence-electron chi connectivity index (χ0n) is 18.8. The number of fused-ring (bicyclic) bond motifs is 3. The van der Waals surface area contributed by atoms with Gasteiger partial charge in [-0.2, -0.15) is 0 Å². The first kappa shape index (κ1) is 22.2. The van der Waals surface area contributed by atoms with Crippen LogP contribution in [0, 0.1) is 0 Å². The second-order valence-corrected chi connectivity index (χ2v) is 9.38. The lowest BCUT2D eigenvalue weighted by molar-refractivity contribution is -0.118. The van der Waals surface area contributed by atoms with E-state index in [0.717, 1.165) is 37.7 Å². The quantitative estimate of drug-likeness (QED) is 0.282. The number of aromatic nitrogens is 4. The van der Waals surface area contributed by atoms with Crippen molar-refractivity contribution in [3.8, 4) is 28.3 Å². The van der Waals surface area contributed by atoms with Gasteiger partial charge in [0.15, 0.2) is 11.6 Å². The predicted octanol–water partition coefficient (Wildman–Crippen LogP) is 6.34. The van der Waals surface area contributed by atoms with Gasteiger partial charge in [-0.15, -0.1) is 0 Å². The molecule has 7 nitrogen and oxygen atoms in total. The van der Waals surface area contributed by atoms with E-state index in [1.807, 2.05) is 60.7 Å². The number of amides is 1. The summed E-state index contributed by atoms with van der Waals surface area (Å²) in [6.07, 6.45) is 3.12. The standard InChI is InChI=1S/C27H18ClN5O2S/c28-19-10-6-17(7-11-19)24-25(33-21-4-1-2-5-22(21)36-27(33)32-24)18-8-12-20(13-9-18)35-16-23(34)31-26-29-14-3-15-30-26/h1-15H,16H2,(H,29,30,31,34). The molecule has 0 spiro atoms. The van der Waals surface area contributed by atoms with Crippen LogP contribution in [0.15, 0.2) is 91.3 Å². The molecule has 0 unspecified atom stereocenters. The fraction of sp³-hybridized carbons (Fsp3) is 0.0370. The highest BCUT2D eigenvalue weighted by atomic mass is 35.5. The van der Waals surface area contributed by atoms with Crippen molar-refractivity contribution in [2.45, 2.75) is 0 Å². The Morgan fingerprint density at radius 3 is 2.42 bits per heavy atom. The van der Waals surface area contributed by atoms with Crippen molar-refractivity contribution in [2.75, 3.05) is 11.9 Å². The first-order chi connectivity index (χ1) is 17.7. The van der Waals surface area contributed by atoms with E-state index in [2.05, 4.69) is 31.8 Å². The van der Waals surface area contributed by atoms with Crippen LogP contribution in [-0.4, -0.2) is 31.9 Å². The third-order valence-electron chi connectivity index (χ3n) is 5.59. The molecular weight excluding hydrogens is 494 g/mol. The van der Waals surface area contributed by atoms with Gasteiger partial charge in [-0.05, 0) is 54.6 Å². The fourth-order valence-electron chi connectivity index (χ4n) is 3.98. The summed E-state index contributed by atoms with van der Waals surface area (Å²) in [5.74, 6) is 0.480. The summed E-state index contributed by atoms with van der Waals surface area (Å²) in [5.41, 5.74) is 4.91. The number of thiazole rings is 1. The van der Waals surface area contributed by atoms with Gasteiger partial charge in [0, 0.05) is 28.5 Å². The largest absolute Gasteiger partial charge is 0.484 e. The minimum Gasteiger partial charge on any atom is -0.484 e. The average molecular weight is 512 g/mol. The topological polar surface area (TPSA) is 81.4 Å². The maximum atomic E-state index is 12.2. The van der Waals surface area contributed by atoms with Crippen LogP contribution in [0.25, 0.3) is 37.7 Å². The van der Waals surface area contributed by atoms with Crippen LogP contribution in [0.2, 0.25) is 5.02 Å². The van der Waals surface area contributed by atoms with Crippen LogP contribution in [-0.2, 0) is 4.79 Å². The summed E-state index contributed by atoms with van der Waals surface area (Å²) in [5, 5.41) is 3.28. The lowest BCUT2D eigenvalue weighted by Crippen LogP contribution is -2.21. The molecule has 0 aliphatic heterocycles. The molecular formula is C27H18ClN5O2S. The molecule has 0 aliphatic rings. The average Bonchev–Trinajstić information content (AvgIpc) is 3.45. The number of benzene rings is 3. The molecule has 3 aromatic heterocycles. The molecule has 9 heteroatoms. The Labute approximate surface area is 215 Å². The summed E-state index contributed by atoms with van der Waals surface area (Å²) in [7, 11) is 0. The van der Waals surface area contributed by atoms with Crippen molar-refractivity contribution in [2.24, 2.45) is 0 Å². The van der Waals surface area contributed by atoms with E-state index in [1.165, 1.54) is 0 Å². The van der Waals surface area contributed by atoms with Crippen molar-refractivity contribution in [1.29, 1.82) is 0 Å². The van der Waals surface area contributed by atoms with Crippen molar-refractivity contribution in [3.63, 3.8) is 0 Å². The smallest absolute Gasteiger partial charge is 0.264 e. The number of carbonyl (C=O) groups excluding carboxylic acids is 1. The molecule has 6 rings (SSSR count). The molecule has 3 aromatic carbocycles. The maximum Gasteiger partial charge on any atom is 0.264 e. The predicted molar refractivity (Wildman–Crippen MR) is 143 cm³/mol. The Hall–Kier alpha value is -4.27. The summed E-state index contributed by atoms with van der Waals surface area (Å²) in [4.78, 5) is 26.0. The lowest BCUT2D eigenvalue weighted by atomic mass is 10.0. The minimum absolute atomic E-state index is 0.153. The third-order valence-corrected chi connectivity index (χ3v) is 6.86. The van der Waals surface area contributed by atoms with Crippen LogP contribution in [0.1, 0.15) is 0 Å². The molecule has 3 heterocycles. The van der Waals surface area contributed by atoms with Gasteiger partial charge in [-0.3, -0.25) is 14.5 Å². The Balaban J connectivity index is 1.33. The first-order valence-corrected chi connectivity index (χ1v) is 12.3. The van der Waals surface area contributed by atoms with E-state index in [1.54, 1.807) is 29.8 Å². The Bertz CT molecular complexity index is 1680. The number of hydrogen-bond donors (Lipinski definition) is 1. The highest BCUT2D eigenvalue weighted by Crippen LogP contribution is 2.39. The van der Waals surface area contributed by atoms with E-state index >= 15 is 0 Å². The third kappa shape index (κ3) is 4.28.